The molecule has 27 heavy (non-hydrogen) atoms. The molecule has 2 atom stereocenters. The van der Waals surface area contributed by atoms with Gasteiger partial charge in [-0.2, -0.15) is 0 Å². The quantitative estimate of drug-likeness (QED) is 0.564. The van der Waals surface area contributed by atoms with E-state index in [0.29, 0.717) is 17.4 Å². The molecule has 1 heterocycles. The van der Waals surface area contributed by atoms with Gasteiger partial charge in [-0.05, 0) is 56.4 Å². The van der Waals surface area contributed by atoms with Crippen LogP contribution in [-0.2, 0) is 11.8 Å². The Morgan fingerprint density at radius 3 is 2.52 bits per heavy atom. The molecule has 0 radical (unpaired) electrons. The highest BCUT2D eigenvalue weighted by Gasteiger charge is 2.59. The van der Waals surface area contributed by atoms with Crippen molar-refractivity contribution in [3.05, 3.63) is 36.0 Å². The fourth-order valence-corrected chi connectivity index (χ4v) is 7.70. The van der Waals surface area contributed by atoms with E-state index in [1.54, 1.807) is 0 Å². The second kappa shape index (κ2) is 5.84. The minimum Gasteiger partial charge on any atom is -0.350 e. The summed E-state index contributed by atoms with van der Waals surface area (Å²) < 4.78 is 2.05. The van der Waals surface area contributed by atoms with E-state index in [1.807, 2.05) is 42.1 Å². The van der Waals surface area contributed by atoms with Gasteiger partial charge in [0.15, 0.2) is 0 Å². The molecular weight excluding hydrogens is 406 g/mol. The largest absolute Gasteiger partial charge is 0.350 e. The number of nitrogens with one attached hydrogen (secondary N) is 2. The molecule has 6 rings (SSSR count). The van der Waals surface area contributed by atoms with Gasteiger partial charge in [0.1, 0.15) is 0 Å². The van der Waals surface area contributed by atoms with Crippen LogP contribution in [0.5, 0.6) is 0 Å². The fraction of sp³-hybridized carbons (Fsp3) is 0.524. The SMILES string of the molecule is Cn1cc(C(=O)NNC(=O)C23CC4CC(CC(Br)(C4)C2)C3)c2ccccc21. The highest BCUT2D eigenvalue weighted by Crippen LogP contribution is 2.64. The molecule has 2 amide bonds. The monoisotopic (exact) mass is 429 g/mol. The normalized spacial score (nSPS) is 34.0. The average Bonchev–Trinajstić information content (AvgIpc) is 2.94. The highest BCUT2D eigenvalue weighted by atomic mass is 79.9. The lowest BCUT2D eigenvalue weighted by Gasteiger charge is -2.59. The molecule has 0 spiro atoms. The van der Waals surface area contributed by atoms with Gasteiger partial charge in [-0.1, -0.05) is 34.1 Å². The van der Waals surface area contributed by atoms with Gasteiger partial charge < -0.3 is 4.57 Å². The second-order valence-electron chi connectivity index (χ2n) is 8.97. The van der Waals surface area contributed by atoms with Crippen molar-refractivity contribution in [1.82, 2.24) is 15.4 Å². The fourth-order valence-electron chi connectivity index (χ4n) is 6.25. The number of rotatable bonds is 2. The number of alkyl halides is 1. The Balaban J connectivity index is 1.33. The van der Waals surface area contributed by atoms with E-state index in [0.717, 1.165) is 30.2 Å². The van der Waals surface area contributed by atoms with Crippen LogP contribution in [0, 0.1) is 17.3 Å². The summed E-state index contributed by atoms with van der Waals surface area (Å²) in [6.45, 7) is 0. The number of fused-ring (bicyclic) bond motifs is 1. The number of carbonyl (C=O) groups excluding carboxylic acids is 2. The summed E-state index contributed by atoms with van der Waals surface area (Å²) in [7, 11) is 1.92. The van der Waals surface area contributed by atoms with E-state index in [1.165, 1.54) is 19.3 Å². The lowest BCUT2D eigenvalue weighted by molar-refractivity contribution is -0.144. The van der Waals surface area contributed by atoms with E-state index in [9.17, 15) is 9.59 Å². The van der Waals surface area contributed by atoms with Crippen LogP contribution in [0.4, 0.5) is 0 Å². The number of hydrogen-bond acceptors (Lipinski definition) is 2. The number of carbonyl (C=O) groups is 2. The highest BCUT2D eigenvalue weighted by molar-refractivity contribution is 9.10. The Morgan fingerprint density at radius 1 is 1.11 bits per heavy atom. The minimum atomic E-state index is -0.334. The Hall–Kier alpha value is -1.82. The van der Waals surface area contributed by atoms with E-state index >= 15 is 0 Å². The summed E-state index contributed by atoms with van der Waals surface area (Å²) in [4.78, 5) is 25.8. The van der Waals surface area contributed by atoms with Crippen molar-refractivity contribution in [2.45, 2.75) is 42.8 Å². The van der Waals surface area contributed by atoms with E-state index in [4.69, 9.17) is 0 Å². The van der Waals surface area contributed by atoms with Gasteiger partial charge in [0.2, 0.25) is 5.91 Å². The lowest BCUT2D eigenvalue weighted by Crippen LogP contribution is -2.60. The van der Waals surface area contributed by atoms with Gasteiger partial charge in [0.25, 0.3) is 5.91 Å². The first kappa shape index (κ1) is 17.3. The van der Waals surface area contributed by atoms with Gasteiger partial charge in [-0.3, -0.25) is 20.4 Å². The molecule has 5 nitrogen and oxygen atoms in total. The molecule has 2 N–H and O–H groups in total. The maximum absolute atomic E-state index is 13.1. The predicted octanol–water partition coefficient (Wildman–Crippen LogP) is 3.67. The van der Waals surface area contributed by atoms with Crippen molar-refractivity contribution >= 4 is 38.6 Å². The summed E-state index contributed by atoms with van der Waals surface area (Å²) >= 11 is 3.94. The maximum Gasteiger partial charge on any atom is 0.271 e. The van der Waals surface area contributed by atoms with Gasteiger partial charge in [-0.25, -0.2) is 0 Å². The smallest absolute Gasteiger partial charge is 0.271 e. The zero-order valence-electron chi connectivity index (χ0n) is 15.4. The maximum atomic E-state index is 13.1. The van der Waals surface area contributed by atoms with Crippen LogP contribution in [0.1, 0.15) is 48.9 Å². The summed E-state index contributed by atoms with van der Waals surface area (Å²) in [5.41, 5.74) is 6.68. The second-order valence-corrected chi connectivity index (χ2v) is 10.7. The average molecular weight is 430 g/mol. The Bertz CT molecular complexity index is 936. The zero-order chi connectivity index (χ0) is 18.8. The van der Waals surface area contributed by atoms with Gasteiger partial charge >= 0.3 is 0 Å². The number of hydrazine groups is 1. The van der Waals surface area contributed by atoms with Crippen LogP contribution in [0.3, 0.4) is 0 Å². The van der Waals surface area contributed by atoms with E-state index < -0.39 is 0 Å². The predicted molar refractivity (Wildman–Crippen MR) is 107 cm³/mol. The number of aromatic nitrogens is 1. The summed E-state index contributed by atoms with van der Waals surface area (Å²) in [6.07, 6.45) is 8.21. The standard InChI is InChI=1S/C21H24BrN3O2/c1-25-11-16(15-4-2-3-5-17(15)25)18(26)23-24-19(27)20-7-13-6-14(8-20)10-21(22,9-13)12-20/h2-5,11,13-14H,6-10,12H2,1H3,(H,23,26)(H,24,27). The van der Waals surface area contributed by atoms with Crippen molar-refractivity contribution < 1.29 is 9.59 Å². The molecule has 4 saturated carbocycles. The van der Waals surface area contributed by atoms with E-state index in [-0.39, 0.29) is 21.6 Å². The third kappa shape index (κ3) is 2.72. The molecule has 4 bridgehead atoms. The lowest BCUT2D eigenvalue weighted by atomic mass is 9.49. The number of benzene rings is 1. The number of para-hydroxylation sites is 1. The topological polar surface area (TPSA) is 63.1 Å². The van der Waals surface area contributed by atoms with E-state index in [2.05, 4.69) is 26.8 Å². The third-order valence-electron chi connectivity index (χ3n) is 6.90. The molecule has 1 aromatic heterocycles. The first-order chi connectivity index (χ1) is 12.9. The van der Waals surface area contributed by atoms with Crippen molar-refractivity contribution in [3.63, 3.8) is 0 Å². The van der Waals surface area contributed by atoms with Crippen molar-refractivity contribution in [2.24, 2.45) is 24.3 Å². The molecule has 4 aliphatic rings. The molecule has 0 aliphatic heterocycles. The molecule has 142 valence electrons. The molecule has 1 aromatic carbocycles. The van der Waals surface area contributed by atoms with Gasteiger partial charge in [0.05, 0.1) is 11.0 Å². The van der Waals surface area contributed by atoms with Crippen LogP contribution in [0.15, 0.2) is 30.5 Å². The Labute approximate surface area is 167 Å². The first-order valence-corrected chi connectivity index (χ1v) is 10.5. The molecule has 4 aliphatic carbocycles. The summed E-state index contributed by atoms with van der Waals surface area (Å²) in [5.74, 6) is 0.975. The Kier molecular flexibility index (Phi) is 3.74. The van der Waals surface area contributed by atoms with Crippen LogP contribution in [0.25, 0.3) is 10.9 Å². The first-order valence-electron chi connectivity index (χ1n) is 9.71. The molecule has 0 saturated heterocycles. The molecule has 4 fully saturated rings. The molecular formula is C21H24BrN3O2. The zero-order valence-corrected chi connectivity index (χ0v) is 17.0. The van der Waals surface area contributed by atoms with Crippen LogP contribution >= 0.6 is 15.9 Å². The molecule has 6 heteroatoms. The Morgan fingerprint density at radius 2 is 1.81 bits per heavy atom. The third-order valence-corrected chi connectivity index (χ3v) is 7.83. The van der Waals surface area contributed by atoms with Crippen LogP contribution < -0.4 is 10.9 Å². The number of nitrogens with zero attached hydrogens (tertiary/aromatic N) is 1. The summed E-state index contributed by atoms with van der Waals surface area (Å²) in [6, 6.07) is 7.78. The van der Waals surface area contributed by atoms with Crippen molar-refractivity contribution in [3.8, 4) is 0 Å². The molecule has 2 unspecified atom stereocenters. The van der Waals surface area contributed by atoms with Crippen LogP contribution in [-0.4, -0.2) is 20.7 Å². The van der Waals surface area contributed by atoms with Crippen molar-refractivity contribution in [1.29, 1.82) is 0 Å². The molecule has 2 aromatic rings. The number of halogens is 1. The van der Waals surface area contributed by atoms with Crippen molar-refractivity contribution in [2.75, 3.05) is 0 Å². The van der Waals surface area contributed by atoms with Crippen LogP contribution in [0.2, 0.25) is 0 Å². The number of hydrogen-bond donors (Lipinski definition) is 2. The summed E-state index contributed by atoms with van der Waals surface area (Å²) in [5, 5.41) is 0.890. The number of aryl methyl sites for hydroxylation is 1. The minimum absolute atomic E-state index is 0.0194. The van der Waals surface area contributed by atoms with Gasteiger partial charge in [-0.15, -0.1) is 0 Å². The number of amides is 2. The van der Waals surface area contributed by atoms with Gasteiger partial charge in [0, 0.05) is 28.5 Å².